The molecule has 2 aromatic carbocycles. The fourth-order valence-corrected chi connectivity index (χ4v) is 3.77. The second kappa shape index (κ2) is 10.6. The molecule has 0 spiro atoms. The van der Waals surface area contributed by atoms with Crippen molar-refractivity contribution in [3.8, 4) is 11.5 Å². The van der Waals surface area contributed by atoms with Crippen molar-refractivity contribution in [3.63, 3.8) is 0 Å². The van der Waals surface area contributed by atoms with Gasteiger partial charge in [-0.25, -0.2) is 10.4 Å². The fraction of sp³-hybridized carbons (Fsp3) is 0.261. The summed E-state index contributed by atoms with van der Waals surface area (Å²) in [6, 6.07) is 13.7. The van der Waals surface area contributed by atoms with E-state index in [0.717, 1.165) is 22.5 Å². The van der Waals surface area contributed by atoms with E-state index in [1.807, 2.05) is 44.2 Å². The Bertz CT molecular complexity index is 1080. The molecule has 0 bridgehead atoms. The van der Waals surface area contributed by atoms with Crippen LogP contribution in [-0.2, 0) is 13.0 Å². The number of nitrogens with one attached hydrogen (secondary N) is 1. The SMILES string of the molecule is CCOc1cc(C=NNC(=O)c2sc(N)nc2CC)ccc1OCc1cccc(C)c1. The summed E-state index contributed by atoms with van der Waals surface area (Å²) in [6.45, 7) is 6.84. The lowest BCUT2D eigenvalue weighted by Crippen LogP contribution is -2.17. The summed E-state index contributed by atoms with van der Waals surface area (Å²) in [5, 5.41) is 4.42. The number of carbonyl (C=O) groups excluding carboxylic acids is 1. The Labute approximate surface area is 185 Å². The topological polar surface area (TPSA) is 98.8 Å². The second-order valence-electron chi connectivity index (χ2n) is 6.80. The molecule has 0 aliphatic carbocycles. The Kier molecular flexibility index (Phi) is 7.61. The van der Waals surface area contributed by atoms with E-state index >= 15 is 0 Å². The van der Waals surface area contributed by atoms with Gasteiger partial charge in [0.2, 0.25) is 0 Å². The minimum atomic E-state index is -0.328. The largest absolute Gasteiger partial charge is 0.490 e. The number of hydrogen-bond donors (Lipinski definition) is 2. The van der Waals surface area contributed by atoms with E-state index in [0.29, 0.717) is 46.8 Å². The quantitative estimate of drug-likeness (QED) is 0.382. The number of hydrazone groups is 1. The molecule has 0 atom stereocenters. The maximum absolute atomic E-state index is 12.3. The zero-order valence-electron chi connectivity index (χ0n) is 17.8. The predicted molar refractivity (Wildman–Crippen MR) is 124 cm³/mol. The molecule has 0 fully saturated rings. The first kappa shape index (κ1) is 22.3. The molecule has 1 amide bonds. The average molecular weight is 439 g/mol. The first-order chi connectivity index (χ1) is 15.0. The highest BCUT2D eigenvalue weighted by atomic mass is 32.1. The summed E-state index contributed by atoms with van der Waals surface area (Å²) >= 11 is 1.15. The van der Waals surface area contributed by atoms with Crippen LogP contribution in [0, 0.1) is 6.92 Å². The number of ether oxygens (including phenoxy) is 2. The number of anilines is 1. The number of rotatable bonds is 9. The summed E-state index contributed by atoms with van der Waals surface area (Å²) in [7, 11) is 0. The second-order valence-corrected chi connectivity index (χ2v) is 7.83. The summed E-state index contributed by atoms with van der Waals surface area (Å²) < 4.78 is 11.7. The fourth-order valence-electron chi connectivity index (χ4n) is 2.96. The van der Waals surface area contributed by atoms with Gasteiger partial charge in [0, 0.05) is 0 Å². The first-order valence-corrected chi connectivity index (χ1v) is 10.9. The maximum Gasteiger partial charge on any atom is 0.283 e. The molecule has 0 saturated carbocycles. The van der Waals surface area contributed by atoms with Crippen LogP contribution >= 0.6 is 11.3 Å². The molecule has 0 saturated heterocycles. The van der Waals surface area contributed by atoms with E-state index in [2.05, 4.69) is 34.6 Å². The molecule has 0 unspecified atom stereocenters. The molecular weight excluding hydrogens is 412 g/mol. The number of thiazole rings is 1. The standard InChI is InChI=1S/C23H26N4O3S/c1-4-18-21(31-23(24)26-18)22(28)27-25-13-16-9-10-19(20(12-16)29-5-2)30-14-17-8-6-7-15(3)11-17/h6-13H,4-5,14H2,1-3H3,(H2,24,26)(H,27,28). The van der Waals surface area contributed by atoms with E-state index in [9.17, 15) is 4.79 Å². The van der Waals surface area contributed by atoms with E-state index in [-0.39, 0.29) is 5.91 Å². The molecule has 0 aliphatic rings. The van der Waals surface area contributed by atoms with Crippen molar-refractivity contribution in [1.29, 1.82) is 0 Å². The molecule has 7 nitrogen and oxygen atoms in total. The van der Waals surface area contributed by atoms with Gasteiger partial charge in [-0.05, 0) is 49.6 Å². The summed E-state index contributed by atoms with van der Waals surface area (Å²) in [5.74, 6) is 0.941. The highest BCUT2D eigenvalue weighted by Gasteiger charge is 2.15. The third kappa shape index (κ3) is 6.05. The first-order valence-electron chi connectivity index (χ1n) is 10.0. The molecule has 31 heavy (non-hydrogen) atoms. The molecule has 1 heterocycles. The number of hydrogen-bond acceptors (Lipinski definition) is 7. The highest BCUT2D eigenvalue weighted by molar-refractivity contribution is 7.17. The van der Waals surface area contributed by atoms with Gasteiger partial charge in [-0.3, -0.25) is 4.79 Å². The summed E-state index contributed by atoms with van der Waals surface area (Å²) in [6.07, 6.45) is 2.18. The van der Waals surface area contributed by atoms with Crippen LogP contribution in [0.1, 0.15) is 45.9 Å². The molecule has 8 heteroatoms. The van der Waals surface area contributed by atoms with Crippen molar-refractivity contribution in [3.05, 3.63) is 69.7 Å². The van der Waals surface area contributed by atoms with Crippen molar-refractivity contribution < 1.29 is 14.3 Å². The number of aryl methyl sites for hydroxylation is 2. The number of nitrogens with zero attached hydrogens (tertiary/aromatic N) is 2. The van der Waals surface area contributed by atoms with Gasteiger partial charge >= 0.3 is 0 Å². The summed E-state index contributed by atoms with van der Waals surface area (Å²) in [5.41, 5.74) is 11.9. The van der Waals surface area contributed by atoms with Crippen molar-refractivity contribution in [2.24, 2.45) is 5.10 Å². The zero-order chi connectivity index (χ0) is 22.2. The number of aromatic nitrogens is 1. The lowest BCUT2D eigenvalue weighted by Gasteiger charge is -2.13. The average Bonchev–Trinajstić information content (AvgIpc) is 3.14. The van der Waals surface area contributed by atoms with Crippen LogP contribution in [0.3, 0.4) is 0 Å². The normalized spacial score (nSPS) is 10.9. The minimum absolute atomic E-state index is 0.328. The molecule has 3 rings (SSSR count). The highest BCUT2D eigenvalue weighted by Crippen LogP contribution is 2.29. The van der Waals surface area contributed by atoms with Gasteiger partial charge in [0.1, 0.15) is 11.5 Å². The Hall–Kier alpha value is -3.39. The predicted octanol–water partition coefficient (Wildman–Crippen LogP) is 4.34. The molecular formula is C23H26N4O3S. The van der Waals surface area contributed by atoms with Crippen LogP contribution in [0.15, 0.2) is 47.6 Å². The lowest BCUT2D eigenvalue weighted by atomic mass is 10.1. The summed E-state index contributed by atoms with van der Waals surface area (Å²) in [4.78, 5) is 17.0. The van der Waals surface area contributed by atoms with Crippen molar-refractivity contribution in [1.82, 2.24) is 10.4 Å². The van der Waals surface area contributed by atoms with Gasteiger partial charge in [-0.15, -0.1) is 0 Å². The van der Waals surface area contributed by atoms with Gasteiger partial charge in [-0.2, -0.15) is 5.10 Å². The van der Waals surface area contributed by atoms with Gasteiger partial charge in [0.05, 0.1) is 18.5 Å². The molecule has 3 N–H and O–H groups in total. The number of nitrogens with two attached hydrogens (primary N) is 1. The molecule has 0 radical (unpaired) electrons. The zero-order valence-corrected chi connectivity index (χ0v) is 18.7. The Morgan fingerprint density at radius 3 is 2.77 bits per heavy atom. The van der Waals surface area contributed by atoms with Crippen molar-refractivity contribution in [2.45, 2.75) is 33.8 Å². The lowest BCUT2D eigenvalue weighted by molar-refractivity contribution is 0.0958. The minimum Gasteiger partial charge on any atom is -0.490 e. The molecule has 3 aromatic rings. The van der Waals surface area contributed by atoms with Crippen molar-refractivity contribution in [2.75, 3.05) is 12.3 Å². The van der Waals surface area contributed by atoms with Crippen LogP contribution in [0.4, 0.5) is 5.13 Å². The third-order valence-corrected chi connectivity index (χ3v) is 5.30. The monoisotopic (exact) mass is 438 g/mol. The van der Waals surface area contributed by atoms with Crippen LogP contribution in [0.5, 0.6) is 11.5 Å². The molecule has 162 valence electrons. The number of amides is 1. The number of benzene rings is 2. The third-order valence-electron chi connectivity index (χ3n) is 4.38. The van der Waals surface area contributed by atoms with Gasteiger partial charge in [0.15, 0.2) is 16.6 Å². The van der Waals surface area contributed by atoms with Gasteiger partial charge in [0.25, 0.3) is 5.91 Å². The molecule has 1 aromatic heterocycles. The van der Waals surface area contributed by atoms with E-state index < -0.39 is 0 Å². The van der Waals surface area contributed by atoms with Crippen LogP contribution in [-0.4, -0.2) is 23.7 Å². The molecule has 0 aliphatic heterocycles. The Morgan fingerprint density at radius 2 is 2.03 bits per heavy atom. The van der Waals surface area contributed by atoms with Gasteiger partial charge in [-0.1, -0.05) is 48.1 Å². The Morgan fingerprint density at radius 1 is 1.19 bits per heavy atom. The number of carbonyl (C=O) groups is 1. The Balaban J connectivity index is 1.67. The van der Waals surface area contributed by atoms with Crippen LogP contribution in [0.2, 0.25) is 0 Å². The van der Waals surface area contributed by atoms with E-state index in [1.165, 1.54) is 5.56 Å². The van der Waals surface area contributed by atoms with Crippen LogP contribution in [0.25, 0.3) is 0 Å². The smallest absolute Gasteiger partial charge is 0.283 e. The number of nitrogen functional groups attached to an aromatic ring is 1. The van der Waals surface area contributed by atoms with E-state index in [1.54, 1.807) is 6.21 Å². The van der Waals surface area contributed by atoms with Gasteiger partial charge < -0.3 is 15.2 Å². The van der Waals surface area contributed by atoms with E-state index in [4.69, 9.17) is 15.2 Å². The van der Waals surface area contributed by atoms with Crippen molar-refractivity contribution >= 4 is 28.6 Å². The maximum atomic E-state index is 12.3. The van der Waals surface area contributed by atoms with Crippen LogP contribution < -0.4 is 20.6 Å².